The van der Waals surface area contributed by atoms with Crippen LogP contribution in [0.3, 0.4) is 0 Å². The van der Waals surface area contributed by atoms with Crippen molar-refractivity contribution in [3.8, 4) is 11.1 Å². The molecule has 44 heavy (non-hydrogen) atoms. The Morgan fingerprint density at radius 1 is 1.16 bits per heavy atom. The van der Waals surface area contributed by atoms with Gasteiger partial charge in [-0.1, -0.05) is 0 Å². The van der Waals surface area contributed by atoms with Crippen molar-refractivity contribution in [2.24, 2.45) is 14.1 Å². The molecular formula is C30H32F2N6O6. The Morgan fingerprint density at radius 3 is 2.52 bits per heavy atom. The van der Waals surface area contributed by atoms with E-state index in [2.05, 4.69) is 10.3 Å². The van der Waals surface area contributed by atoms with Crippen molar-refractivity contribution in [3.63, 3.8) is 0 Å². The summed E-state index contributed by atoms with van der Waals surface area (Å²) < 4.78 is 44.6. The van der Waals surface area contributed by atoms with Crippen LogP contribution in [0, 0.1) is 18.6 Å². The number of anilines is 1. The smallest absolute Gasteiger partial charge is 0.330 e. The molecular weight excluding hydrogens is 578 g/mol. The average Bonchev–Trinajstić information content (AvgIpc) is 3.50. The number of aromatic nitrogens is 4. The van der Waals surface area contributed by atoms with Gasteiger partial charge in [0.25, 0.3) is 11.5 Å². The third-order valence-corrected chi connectivity index (χ3v) is 8.02. The molecule has 3 aromatic heterocycles. The van der Waals surface area contributed by atoms with E-state index in [1.165, 1.54) is 17.8 Å². The van der Waals surface area contributed by atoms with Crippen LogP contribution in [0.5, 0.6) is 0 Å². The second-order valence-corrected chi connectivity index (χ2v) is 10.7. The van der Waals surface area contributed by atoms with Gasteiger partial charge in [-0.25, -0.2) is 23.4 Å². The zero-order valence-corrected chi connectivity index (χ0v) is 24.9. The van der Waals surface area contributed by atoms with Crippen LogP contribution in [-0.2, 0) is 34.8 Å². The van der Waals surface area contributed by atoms with Gasteiger partial charge in [-0.2, -0.15) is 0 Å². The molecule has 1 N–H and O–H groups in total. The lowest BCUT2D eigenvalue weighted by molar-refractivity contribution is -0.142. The maximum Gasteiger partial charge on any atom is 0.330 e. The first-order valence-corrected chi connectivity index (χ1v) is 13.9. The predicted molar refractivity (Wildman–Crippen MR) is 157 cm³/mol. The number of amides is 1. The number of ether oxygens (including phenoxy) is 2. The molecule has 12 nitrogen and oxygen atoms in total. The van der Waals surface area contributed by atoms with Crippen LogP contribution in [-0.4, -0.2) is 69.3 Å². The average molecular weight is 611 g/mol. The molecule has 1 aromatic carbocycles. The number of nitrogens with zero attached hydrogens (tertiary/aromatic N) is 5. The minimum absolute atomic E-state index is 0.113. The maximum absolute atomic E-state index is 15.2. The summed E-state index contributed by atoms with van der Waals surface area (Å²) in [5, 5.41) is 2.41. The number of pyridine rings is 1. The number of hydrogen-bond acceptors (Lipinski definition) is 8. The first kappa shape index (κ1) is 30.6. The third kappa shape index (κ3) is 5.36. The summed E-state index contributed by atoms with van der Waals surface area (Å²) in [4.78, 5) is 57.6. The molecule has 0 radical (unpaired) electrons. The molecule has 1 aliphatic rings. The molecule has 0 aliphatic carbocycles. The van der Waals surface area contributed by atoms with Crippen LogP contribution in [0.2, 0.25) is 0 Å². The number of methoxy groups -OCH3 is 1. The van der Waals surface area contributed by atoms with Crippen molar-refractivity contribution in [1.29, 1.82) is 0 Å². The number of rotatable bonds is 7. The summed E-state index contributed by atoms with van der Waals surface area (Å²) in [5.74, 6) is -4.11. The fourth-order valence-corrected chi connectivity index (χ4v) is 5.51. The highest BCUT2D eigenvalue weighted by Crippen LogP contribution is 2.27. The SMILES string of the molecule is COC(=O)[C@H](Cc1ccc(-c2c(C)n(C)c(=O)n(C)c2=O)c2nccn12)NC(=O)c1c(F)cc(N2CCOC[C@@H]2C)cc1F. The van der Waals surface area contributed by atoms with E-state index < -0.39 is 46.4 Å². The molecule has 4 aromatic rings. The number of halogens is 2. The Balaban J connectivity index is 1.47. The van der Waals surface area contributed by atoms with E-state index in [1.807, 2.05) is 6.92 Å². The molecule has 0 unspecified atom stereocenters. The van der Waals surface area contributed by atoms with Crippen LogP contribution < -0.4 is 21.5 Å². The van der Waals surface area contributed by atoms with Gasteiger partial charge in [-0.3, -0.25) is 14.2 Å². The lowest BCUT2D eigenvalue weighted by atomic mass is 10.0. The number of imidazole rings is 1. The van der Waals surface area contributed by atoms with Crippen molar-refractivity contribution in [2.75, 3.05) is 31.8 Å². The highest BCUT2D eigenvalue weighted by molar-refractivity contribution is 5.97. The van der Waals surface area contributed by atoms with Crippen LogP contribution >= 0.6 is 0 Å². The van der Waals surface area contributed by atoms with Crippen LogP contribution in [0.1, 0.15) is 28.7 Å². The van der Waals surface area contributed by atoms with Crippen molar-refractivity contribution in [3.05, 3.63) is 86.1 Å². The van der Waals surface area contributed by atoms with Gasteiger partial charge < -0.3 is 28.7 Å². The molecule has 2 atom stereocenters. The topological polar surface area (TPSA) is 129 Å². The number of esters is 1. The predicted octanol–water partition coefficient (Wildman–Crippen LogP) is 1.72. The van der Waals surface area contributed by atoms with E-state index in [4.69, 9.17) is 9.47 Å². The third-order valence-electron chi connectivity index (χ3n) is 8.02. The lowest BCUT2D eigenvalue weighted by Crippen LogP contribution is -2.44. The van der Waals surface area contributed by atoms with E-state index >= 15 is 8.78 Å². The van der Waals surface area contributed by atoms with Crippen molar-refractivity contribution >= 4 is 23.2 Å². The number of morpholine rings is 1. The number of fused-ring (bicyclic) bond motifs is 1. The zero-order valence-electron chi connectivity index (χ0n) is 24.9. The normalized spacial score (nSPS) is 15.8. The van der Waals surface area contributed by atoms with E-state index in [-0.39, 0.29) is 23.7 Å². The number of nitrogens with one attached hydrogen (secondary N) is 1. The second-order valence-electron chi connectivity index (χ2n) is 10.7. The van der Waals surface area contributed by atoms with Gasteiger partial charge in [-0.05, 0) is 38.1 Å². The zero-order chi connectivity index (χ0) is 31.9. The van der Waals surface area contributed by atoms with E-state index in [1.54, 1.807) is 41.6 Å². The second kappa shape index (κ2) is 12.0. The monoisotopic (exact) mass is 610 g/mol. The van der Waals surface area contributed by atoms with Gasteiger partial charge in [0.1, 0.15) is 28.9 Å². The summed E-state index contributed by atoms with van der Waals surface area (Å²) in [6.07, 6.45) is 2.97. The number of benzene rings is 1. The largest absolute Gasteiger partial charge is 0.467 e. The van der Waals surface area contributed by atoms with Gasteiger partial charge in [0.05, 0.1) is 25.9 Å². The molecule has 14 heteroatoms. The fraction of sp³-hybridized carbons (Fsp3) is 0.367. The Hall–Kier alpha value is -4.85. The Labute approximate surface area is 250 Å². The molecule has 1 amide bonds. The highest BCUT2D eigenvalue weighted by Gasteiger charge is 2.29. The quantitative estimate of drug-likeness (QED) is 0.314. The molecule has 1 saturated heterocycles. The molecule has 0 bridgehead atoms. The van der Waals surface area contributed by atoms with Crippen LogP contribution in [0.25, 0.3) is 16.8 Å². The van der Waals surface area contributed by atoms with E-state index in [0.717, 1.165) is 23.8 Å². The number of carbonyl (C=O) groups is 2. The van der Waals surface area contributed by atoms with Crippen LogP contribution in [0.4, 0.5) is 14.5 Å². The summed E-state index contributed by atoms with van der Waals surface area (Å²) in [5.41, 5.74) is 0.489. The minimum atomic E-state index is -1.33. The maximum atomic E-state index is 15.2. The number of carbonyl (C=O) groups excluding carboxylic acids is 2. The molecule has 1 fully saturated rings. The first-order valence-electron chi connectivity index (χ1n) is 13.9. The first-order chi connectivity index (χ1) is 20.9. The van der Waals surface area contributed by atoms with Crippen molar-refractivity contribution in [2.45, 2.75) is 32.4 Å². The standard InChI is InChI=1S/C30H32F2N6O6/c1-16-15-44-11-10-37(16)19-12-21(31)25(22(32)13-19)27(39)34-23(29(41)43-5)14-18-6-7-20(26-33-8-9-38(18)26)24-17(2)35(3)30(42)36(4)28(24)40/h6-9,12-13,16,23H,10-11,14-15H2,1-5H3,(H,34,39)/t16-,23-/m0/s1. The van der Waals surface area contributed by atoms with Gasteiger partial charge in [0.15, 0.2) is 0 Å². The minimum Gasteiger partial charge on any atom is -0.467 e. The highest BCUT2D eigenvalue weighted by atomic mass is 19.1. The summed E-state index contributed by atoms with van der Waals surface area (Å²) >= 11 is 0. The molecule has 232 valence electrons. The van der Waals surface area contributed by atoms with Gasteiger partial charge in [0, 0.05) is 68.1 Å². The summed E-state index contributed by atoms with van der Waals surface area (Å²) in [6.45, 7) is 4.76. The van der Waals surface area contributed by atoms with Crippen LogP contribution in [0.15, 0.2) is 46.2 Å². The Kier molecular flexibility index (Phi) is 8.37. The summed E-state index contributed by atoms with van der Waals surface area (Å²) in [7, 11) is 4.08. The molecule has 0 saturated carbocycles. The Morgan fingerprint density at radius 2 is 1.86 bits per heavy atom. The van der Waals surface area contributed by atoms with Crippen molar-refractivity contribution < 1.29 is 27.8 Å². The van der Waals surface area contributed by atoms with Gasteiger partial charge in [0.2, 0.25) is 0 Å². The summed E-state index contributed by atoms with van der Waals surface area (Å²) in [6, 6.07) is 4.01. The van der Waals surface area contributed by atoms with E-state index in [9.17, 15) is 19.2 Å². The molecule has 5 rings (SSSR count). The molecule has 4 heterocycles. The number of hydrogen-bond donors (Lipinski definition) is 1. The van der Waals surface area contributed by atoms with Crippen molar-refractivity contribution in [1.82, 2.24) is 23.8 Å². The fourth-order valence-electron chi connectivity index (χ4n) is 5.51. The van der Waals surface area contributed by atoms with Gasteiger partial charge in [-0.15, -0.1) is 0 Å². The van der Waals surface area contributed by atoms with Gasteiger partial charge >= 0.3 is 11.7 Å². The molecule has 0 spiro atoms. The lowest BCUT2D eigenvalue weighted by Gasteiger charge is -2.35. The van der Waals surface area contributed by atoms with E-state index in [0.29, 0.717) is 42.4 Å². The molecule has 1 aliphatic heterocycles. The Bertz CT molecular complexity index is 1870.